The molecule has 1 aromatic carbocycles. The van der Waals surface area contributed by atoms with Crippen molar-refractivity contribution in [2.24, 2.45) is 0 Å². The fraction of sp³-hybridized carbons (Fsp3) is 0.222. The average Bonchev–Trinajstić information content (AvgIpc) is 2.74. The molecule has 5 nitrogen and oxygen atoms in total. The maximum Gasteiger partial charge on any atom is 0.143 e. The smallest absolute Gasteiger partial charge is 0.143 e. The molecule has 15 heavy (non-hydrogen) atoms. The van der Waals surface area contributed by atoms with Crippen LogP contribution < -0.4 is 0 Å². The normalized spacial score (nSPS) is 10.5. The van der Waals surface area contributed by atoms with Gasteiger partial charge in [0.25, 0.3) is 0 Å². The molecule has 2 rings (SSSR count). The Morgan fingerprint density at radius 3 is 2.93 bits per heavy atom. The number of methoxy groups -OCH3 is 1. The van der Waals surface area contributed by atoms with Gasteiger partial charge in [0, 0.05) is 18.7 Å². The van der Waals surface area contributed by atoms with Crippen LogP contribution in [0.15, 0.2) is 24.5 Å². The molecular weight excluding hydrogens is 199 g/mol. The van der Waals surface area contributed by atoms with E-state index >= 15 is 0 Å². The second kappa shape index (κ2) is 4.14. The Morgan fingerprint density at radius 2 is 2.33 bits per heavy atom. The summed E-state index contributed by atoms with van der Waals surface area (Å²) in [5.74, 6) is -0.329. The summed E-state index contributed by atoms with van der Waals surface area (Å²) in [5.41, 5.74) is 1.09. The van der Waals surface area contributed by atoms with Gasteiger partial charge in [0.05, 0.1) is 12.3 Å². The Morgan fingerprint density at radius 1 is 1.47 bits per heavy atom. The SMILES string of the molecule is COCc1ccc(-n2cnnn2)cc1F. The third kappa shape index (κ3) is 1.99. The standard InChI is InChI=1S/C9H9FN4O/c1-15-5-7-2-3-8(4-9(7)10)14-6-11-12-13-14/h2-4,6H,5H2,1H3. The number of nitrogens with zero attached hydrogens (tertiary/aromatic N) is 4. The van der Waals surface area contributed by atoms with Crippen LogP contribution in [0.1, 0.15) is 5.56 Å². The van der Waals surface area contributed by atoms with E-state index in [0.717, 1.165) is 0 Å². The Balaban J connectivity index is 2.33. The van der Waals surface area contributed by atoms with Crippen LogP contribution in [0.5, 0.6) is 0 Å². The summed E-state index contributed by atoms with van der Waals surface area (Å²) in [6.07, 6.45) is 1.41. The summed E-state index contributed by atoms with van der Waals surface area (Å²) in [6, 6.07) is 4.74. The van der Waals surface area contributed by atoms with Crippen molar-refractivity contribution >= 4 is 0 Å². The van der Waals surface area contributed by atoms with Crippen molar-refractivity contribution in [3.63, 3.8) is 0 Å². The first-order valence-corrected chi connectivity index (χ1v) is 4.32. The first-order chi connectivity index (χ1) is 7.31. The average molecular weight is 208 g/mol. The van der Waals surface area contributed by atoms with Crippen LogP contribution in [0.2, 0.25) is 0 Å². The van der Waals surface area contributed by atoms with Gasteiger partial charge in [0.15, 0.2) is 0 Å². The van der Waals surface area contributed by atoms with Gasteiger partial charge < -0.3 is 4.74 Å². The summed E-state index contributed by atoms with van der Waals surface area (Å²) in [6.45, 7) is 0.252. The van der Waals surface area contributed by atoms with Crippen molar-refractivity contribution in [1.29, 1.82) is 0 Å². The van der Waals surface area contributed by atoms with Crippen molar-refractivity contribution in [2.45, 2.75) is 6.61 Å². The molecule has 0 unspecified atom stereocenters. The Labute approximate surface area is 85.5 Å². The monoisotopic (exact) mass is 208 g/mol. The van der Waals surface area contributed by atoms with Crippen molar-refractivity contribution in [1.82, 2.24) is 20.2 Å². The lowest BCUT2D eigenvalue weighted by molar-refractivity contribution is 0.181. The molecule has 0 aliphatic heterocycles. The van der Waals surface area contributed by atoms with Gasteiger partial charge in [-0.15, -0.1) is 5.10 Å². The summed E-state index contributed by atoms with van der Waals surface area (Å²) in [4.78, 5) is 0. The number of halogens is 1. The van der Waals surface area contributed by atoms with Crippen LogP contribution in [0.4, 0.5) is 4.39 Å². The van der Waals surface area contributed by atoms with E-state index in [4.69, 9.17) is 4.74 Å². The Hall–Kier alpha value is -1.82. The van der Waals surface area contributed by atoms with E-state index < -0.39 is 0 Å². The van der Waals surface area contributed by atoms with Gasteiger partial charge in [-0.05, 0) is 16.5 Å². The number of rotatable bonds is 3. The molecule has 0 aliphatic rings. The summed E-state index contributed by atoms with van der Waals surface area (Å²) < 4.78 is 19.7. The van der Waals surface area contributed by atoms with Gasteiger partial charge in [-0.2, -0.15) is 0 Å². The zero-order valence-corrected chi connectivity index (χ0v) is 8.09. The summed E-state index contributed by atoms with van der Waals surface area (Å²) >= 11 is 0. The van der Waals surface area contributed by atoms with Crippen molar-refractivity contribution in [2.75, 3.05) is 7.11 Å². The van der Waals surface area contributed by atoms with Crippen LogP contribution in [0, 0.1) is 5.82 Å². The molecule has 0 N–H and O–H groups in total. The molecule has 0 amide bonds. The summed E-state index contributed by atoms with van der Waals surface area (Å²) in [5, 5.41) is 10.6. The molecule has 0 saturated heterocycles. The molecule has 2 aromatic rings. The van der Waals surface area contributed by atoms with Gasteiger partial charge in [0.2, 0.25) is 0 Å². The van der Waals surface area contributed by atoms with E-state index in [9.17, 15) is 4.39 Å². The molecule has 0 radical (unpaired) electrons. The lowest BCUT2D eigenvalue weighted by Crippen LogP contribution is -1.99. The van der Waals surface area contributed by atoms with E-state index in [1.807, 2.05) is 0 Å². The molecule has 0 saturated carbocycles. The zero-order chi connectivity index (χ0) is 10.7. The van der Waals surface area contributed by atoms with Crippen LogP contribution >= 0.6 is 0 Å². The quantitative estimate of drug-likeness (QED) is 0.753. The van der Waals surface area contributed by atoms with Crippen LogP contribution in [0.25, 0.3) is 5.69 Å². The minimum atomic E-state index is -0.329. The largest absolute Gasteiger partial charge is 0.380 e. The van der Waals surface area contributed by atoms with Crippen LogP contribution in [0.3, 0.4) is 0 Å². The number of tetrazole rings is 1. The minimum Gasteiger partial charge on any atom is -0.380 e. The third-order valence-corrected chi connectivity index (χ3v) is 1.95. The first kappa shape index (κ1) is 9.72. The predicted molar refractivity (Wildman–Crippen MR) is 49.8 cm³/mol. The lowest BCUT2D eigenvalue weighted by Gasteiger charge is -2.04. The van der Waals surface area contributed by atoms with Gasteiger partial charge in [0.1, 0.15) is 12.1 Å². The maximum atomic E-state index is 13.5. The maximum absolute atomic E-state index is 13.5. The third-order valence-electron chi connectivity index (χ3n) is 1.95. The lowest BCUT2D eigenvalue weighted by atomic mass is 10.2. The van der Waals surface area contributed by atoms with Gasteiger partial charge in [-0.1, -0.05) is 6.07 Å². The molecule has 0 spiro atoms. The zero-order valence-electron chi connectivity index (χ0n) is 8.09. The summed E-state index contributed by atoms with van der Waals surface area (Å²) in [7, 11) is 1.52. The van der Waals surface area contributed by atoms with E-state index in [1.54, 1.807) is 12.1 Å². The van der Waals surface area contributed by atoms with Gasteiger partial charge in [-0.25, -0.2) is 9.07 Å². The van der Waals surface area contributed by atoms with E-state index in [2.05, 4.69) is 15.5 Å². The molecule has 78 valence electrons. The predicted octanol–water partition coefficient (Wildman–Crippen LogP) is 0.948. The molecule has 1 aromatic heterocycles. The van der Waals surface area contributed by atoms with Crippen molar-refractivity contribution in [3.05, 3.63) is 35.9 Å². The first-order valence-electron chi connectivity index (χ1n) is 4.32. The molecule has 0 atom stereocenters. The number of hydrogen-bond acceptors (Lipinski definition) is 4. The number of benzene rings is 1. The molecule has 0 bridgehead atoms. The molecule has 1 heterocycles. The molecule has 0 fully saturated rings. The van der Waals surface area contributed by atoms with E-state index in [-0.39, 0.29) is 12.4 Å². The highest BCUT2D eigenvalue weighted by Crippen LogP contribution is 2.13. The number of hydrogen-bond donors (Lipinski definition) is 0. The van der Waals surface area contributed by atoms with E-state index in [0.29, 0.717) is 11.3 Å². The Bertz CT molecular complexity index is 443. The topological polar surface area (TPSA) is 52.8 Å². The molecular formula is C9H9FN4O. The fourth-order valence-corrected chi connectivity index (χ4v) is 1.23. The van der Waals surface area contributed by atoms with Crippen molar-refractivity contribution in [3.8, 4) is 5.69 Å². The second-order valence-electron chi connectivity index (χ2n) is 2.96. The molecule has 0 aliphatic carbocycles. The fourth-order valence-electron chi connectivity index (χ4n) is 1.23. The van der Waals surface area contributed by atoms with Gasteiger partial charge >= 0.3 is 0 Å². The van der Waals surface area contributed by atoms with E-state index in [1.165, 1.54) is 24.2 Å². The second-order valence-corrected chi connectivity index (χ2v) is 2.96. The van der Waals surface area contributed by atoms with Crippen LogP contribution in [-0.4, -0.2) is 27.3 Å². The van der Waals surface area contributed by atoms with Gasteiger partial charge in [-0.3, -0.25) is 0 Å². The molecule has 6 heteroatoms. The highest BCUT2D eigenvalue weighted by molar-refractivity contribution is 5.34. The van der Waals surface area contributed by atoms with Crippen molar-refractivity contribution < 1.29 is 9.13 Å². The number of ether oxygens (including phenoxy) is 1. The highest BCUT2D eigenvalue weighted by atomic mass is 19.1. The van der Waals surface area contributed by atoms with Crippen LogP contribution in [-0.2, 0) is 11.3 Å². The number of aromatic nitrogens is 4. The highest BCUT2D eigenvalue weighted by Gasteiger charge is 2.05. The Kier molecular flexibility index (Phi) is 2.68. The minimum absolute atomic E-state index is 0.252.